The second kappa shape index (κ2) is 9.92. The quantitative estimate of drug-likeness (QED) is 0.247. The lowest BCUT2D eigenvalue weighted by molar-refractivity contribution is 0.691. The van der Waals surface area contributed by atoms with Crippen molar-refractivity contribution in [3.8, 4) is 33.8 Å². The van der Waals surface area contributed by atoms with Gasteiger partial charge in [-0.3, -0.25) is 20.1 Å². The van der Waals surface area contributed by atoms with E-state index >= 15 is 0 Å². The molecule has 0 spiro atoms. The van der Waals surface area contributed by atoms with Crippen molar-refractivity contribution in [3.05, 3.63) is 115 Å². The van der Waals surface area contributed by atoms with Gasteiger partial charge in [0, 0.05) is 66.0 Å². The number of H-pyrrole nitrogens is 2. The van der Waals surface area contributed by atoms with E-state index in [1.165, 1.54) is 5.56 Å². The Balaban J connectivity index is 1.20. The molecule has 0 fully saturated rings. The maximum absolute atomic E-state index is 4.69. The topological polar surface area (TPSA) is 108 Å². The molecule has 0 saturated heterocycles. The molecule has 0 aliphatic rings. The molecule has 0 unspecified atom stereocenters. The van der Waals surface area contributed by atoms with Crippen molar-refractivity contribution < 1.29 is 0 Å². The summed E-state index contributed by atoms with van der Waals surface area (Å²) in [6, 6.07) is 22.7. The van der Waals surface area contributed by atoms with E-state index in [-0.39, 0.29) is 0 Å². The van der Waals surface area contributed by atoms with E-state index in [1.807, 2.05) is 49.2 Å². The van der Waals surface area contributed by atoms with Crippen LogP contribution in [0.5, 0.6) is 0 Å². The second-order valence-electron chi connectivity index (χ2n) is 9.40. The number of aromatic amines is 2. The Morgan fingerprint density at radius 2 is 1.59 bits per heavy atom. The van der Waals surface area contributed by atoms with Gasteiger partial charge in [0.1, 0.15) is 11.3 Å². The molecule has 0 bridgehead atoms. The van der Waals surface area contributed by atoms with Crippen LogP contribution in [0.2, 0.25) is 0 Å². The van der Waals surface area contributed by atoms with Crippen molar-refractivity contribution in [3.63, 3.8) is 0 Å². The van der Waals surface area contributed by atoms with Crippen LogP contribution in [0.3, 0.4) is 0 Å². The third-order valence-electron chi connectivity index (χ3n) is 6.80. The lowest BCUT2D eigenvalue weighted by atomic mass is 10.1. The first-order valence-corrected chi connectivity index (χ1v) is 12.7. The van der Waals surface area contributed by atoms with Crippen molar-refractivity contribution in [1.82, 2.24) is 40.4 Å². The van der Waals surface area contributed by atoms with Gasteiger partial charge in [0.15, 0.2) is 0 Å². The van der Waals surface area contributed by atoms with Gasteiger partial charge in [-0.1, -0.05) is 36.4 Å². The van der Waals surface area contributed by atoms with E-state index in [0.717, 1.165) is 74.4 Å². The molecule has 0 aliphatic heterocycles. The Morgan fingerprint density at radius 1 is 0.692 bits per heavy atom. The fraction of sp³-hybridized carbons (Fsp3) is 0.0645. The van der Waals surface area contributed by atoms with Crippen LogP contribution in [-0.4, -0.2) is 35.1 Å². The molecule has 0 radical (unpaired) electrons. The monoisotopic (exact) mass is 508 g/mol. The molecule has 0 atom stereocenters. The summed E-state index contributed by atoms with van der Waals surface area (Å²) in [5.41, 5.74) is 9.63. The summed E-state index contributed by atoms with van der Waals surface area (Å²) in [6.07, 6.45) is 11.0. The number of hydrogen-bond acceptors (Lipinski definition) is 6. The summed E-state index contributed by atoms with van der Waals surface area (Å²) in [5, 5.41) is 13.2. The molecule has 0 aliphatic carbocycles. The largest absolute Gasteiger partial charge is 0.338 e. The first-order chi connectivity index (χ1) is 19.3. The molecule has 8 nitrogen and oxygen atoms in total. The Hall–Kier alpha value is -5.21. The maximum Gasteiger partial charge on any atom is 0.138 e. The number of fused-ring (bicyclic) bond motifs is 2. The zero-order valence-electron chi connectivity index (χ0n) is 21.0. The zero-order chi connectivity index (χ0) is 26.0. The smallest absolute Gasteiger partial charge is 0.138 e. The second-order valence-corrected chi connectivity index (χ2v) is 9.40. The van der Waals surface area contributed by atoms with Gasteiger partial charge in [-0.05, 0) is 47.0 Å². The summed E-state index contributed by atoms with van der Waals surface area (Å²) < 4.78 is 0. The molecule has 7 rings (SSSR count). The fourth-order valence-corrected chi connectivity index (χ4v) is 4.88. The summed E-state index contributed by atoms with van der Waals surface area (Å²) >= 11 is 0. The maximum atomic E-state index is 4.69. The van der Waals surface area contributed by atoms with Crippen molar-refractivity contribution in [2.24, 2.45) is 0 Å². The molecule has 188 valence electrons. The van der Waals surface area contributed by atoms with E-state index in [2.05, 4.69) is 89.0 Å². The van der Waals surface area contributed by atoms with Gasteiger partial charge in [-0.15, -0.1) is 0 Å². The molecule has 7 aromatic rings. The number of rotatable bonds is 7. The number of nitrogens with one attached hydrogen (secondary N) is 3. The zero-order valence-corrected chi connectivity index (χ0v) is 21.0. The van der Waals surface area contributed by atoms with Crippen molar-refractivity contribution in [1.29, 1.82) is 0 Å². The summed E-state index contributed by atoms with van der Waals surface area (Å²) in [5.74, 6) is 0. The van der Waals surface area contributed by atoms with Gasteiger partial charge in [0.25, 0.3) is 0 Å². The Kier molecular flexibility index (Phi) is 5.84. The Labute approximate surface area is 224 Å². The number of hydrogen-bond donors (Lipinski definition) is 3. The average Bonchev–Trinajstić information content (AvgIpc) is 3.62. The van der Waals surface area contributed by atoms with Crippen LogP contribution < -0.4 is 5.32 Å². The summed E-state index contributed by atoms with van der Waals surface area (Å²) in [7, 11) is 0. The normalized spacial score (nSPS) is 11.4. The first-order valence-electron chi connectivity index (χ1n) is 12.7. The van der Waals surface area contributed by atoms with Crippen LogP contribution in [0.25, 0.3) is 55.7 Å². The molecule has 1 aromatic carbocycles. The van der Waals surface area contributed by atoms with E-state index in [9.17, 15) is 0 Å². The van der Waals surface area contributed by atoms with Crippen LogP contribution >= 0.6 is 0 Å². The minimum absolute atomic E-state index is 0.719. The number of nitrogens with zero attached hydrogens (tertiary/aromatic N) is 5. The highest BCUT2D eigenvalue weighted by Crippen LogP contribution is 2.33. The summed E-state index contributed by atoms with van der Waals surface area (Å²) in [6.45, 7) is 1.52. The van der Waals surface area contributed by atoms with Crippen LogP contribution in [0.1, 0.15) is 11.1 Å². The molecular formula is C31H24N8. The van der Waals surface area contributed by atoms with Gasteiger partial charge in [-0.2, -0.15) is 5.10 Å². The van der Waals surface area contributed by atoms with Gasteiger partial charge in [0.2, 0.25) is 0 Å². The molecule has 3 N–H and O–H groups in total. The molecular weight excluding hydrogens is 484 g/mol. The van der Waals surface area contributed by atoms with Crippen LogP contribution in [0.15, 0.2) is 104 Å². The molecule has 6 aromatic heterocycles. The molecule has 8 heteroatoms. The SMILES string of the molecule is c1ccc(CNCc2cncc(-c3cc4c(-c5cc6c(-c7cccnc7)ccnc6[nH]5)n[nH]c4cn3)c2)cc1. The number of benzene rings is 1. The molecule has 6 heterocycles. The van der Waals surface area contributed by atoms with E-state index in [0.29, 0.717) is 0 Å². The van der Waals surface area contributed by atoms with Gasteiger partial charge < -0.3 is 10.3 Å². The number of pyridine rings is 4. The predicted molar refractivity (Wildman–Crippen MR) is 152 cm³/mol. The lowest BCUT2D eigenvalue weighted by Gasteiger charge is -2.07. The van der Waals surface area contributed by atoms with Crippen LogP contribution in [0, 0.1) is 0 Å². The molecule has 0 saturated carbocycles. The highest BCUT2D eigenvalue weighted by molar-refractivity contribution is 6.00. The van der Waals surface area contributed by atoms with E-state index in [4.69, 9.17) is 0 Å². The van der Waals surface area contributed by atoms with Crippen molar-refractivity contribution in [2.45, 2.75) is 13.1 Å². The number of aromatic nitrogens is 7. The van der Waals surface area contributed by atoms with Gasteiger partial charge in [-0.25, -0.2) is 4.98 Å². The minimum Gasteiger partial charge on any atom is -0.338 e. The third-order valence-corrected chi connectivity index (χ3v) is 6.80. The van der Waals surface area contributed by atoms with E-state index < -0.39 is 0 Å². The molecule has 39 heavy (non-hydrogen) atoms. The third kappa shape index (κ3) is 4.54. The lowest BCUT2D eigenvalue weighted by Crippen LogP contribution is -2.12. The van der Waals surface area contributed by atoms with Crippen LogP contribution in [0.4, 0.5) is 0 Å². The minimum atomic E-state index is 0.719. The average molecular weight is 509 g/mol. The Morgan fingerprint density at radius 3 is 2.49 bits per heavy atom. The predicted octanol–water partition coefficient (Wildman–Crippen LogP) is 5.92. The van der Waals surface area contributed by atoms with Gasteiger partial charge in [0.05, 0.1) is 23.1 Å². The van der Waals surface area contributed by atoms with Crippen molar-refractivity contribution in [2.75, 3.05) is 0 Å². The molecule has 0 amide bonds. The van der Waals surface area contributed by atoms with Crippen LogP contribution in [-0.2, 0) is 13.1 Å². The first kappa shape index (κ1) is 22.9. The summed E-state index contributed by atoms with van der Waals surface area (Å²) in [4.78, 5) is 21.5. The van der Waals surface area contributed by atoms with Gasteiger partial charge >= 0.3 is 0 Å². The highest BCUT2D eigenvalue weighted by atomic mass is 15.1. The fourth-order valence-electron chi connectivity index (χ4n) is 4.88. The van der Waals surface area contributed by atoms with Crippen molar-refractivity contribution >= 4 is 21.9 Å². The Bertz CT molecular complexity index is 1890. The standard InChI is InChI=1S/C31H24N8/c1-2-5-20(6-3-1)14-33-15-21-11-23(18-34-16-21)27-13-26-29(19-36-27)38-39-30(26)28-12-25-24(8-10-35-31(25)37-28)22-7-4-9-32-17-22/h1-13,16-19,33H,14-15H2,(H,35,37)(H,38,39). The highest BCUT2D eigenvalue weighted by Gasteiger charge is 2.15. The van der Waals surface area contributed by atoms with E-state index in [1.54, 1.807) is 6.20 Å².